The van der Waals surface area contributed by atoms with Gasteiger partial charge in [0.05, 0.1) is 26.2 Å². The second kappa shape index (κ2) is 7.64. The molecule has 1 fully saturated rings. The van der Waals surface area contributed by atoms with E-state index >= 15 is 0 Å². The maximum atomic E-state index is 12.1. The van der Waals surface area contributed by atoms with Gasteiger partial charge in [-0.15, -0.1) is 0 Å². The molecule has 0 radical (unpaired) electrons. The highest BCUT2D eigenvalue weighted by Gasteiger charge is 2.23. The zero-order chi connectivity index (χ0) is 15.1. The first-order chi connectivity index (χ1) is 9.47. The Labute approximate surface area is 118 Å². The molecule has 0 aromatic heterocycles. The summed E-state index contributed by atoms with van der Waals surface area (Å²) in [5, 5.41) is 0. The van der Waals surface area contributed by atoms with Crippen LogP contribution in [0, 0.1) is 0 Å². The Kier molecular flexibility index (Phi) is 6.17. The third-order valence-corrected chi connectivity index (χ3v) is 3.14. The van der Waals surface area contributed by atoms with Crippen LogP contribution < -0.4 is 0 Å². The molecule has 112 valence electrons. The molecule has 0 unspecified atom stereocenters. The molecule has 0 spiro atoms. The van der Waals surface area contributed by atoms with Gasteiger partial charge >= 0.3 is 11.9 Å². The molecule has 7 heteroatoms. The van der Waals surface area contributed by atoms with E-state index in [9.17, 15) is 14.4 Å². The maximum absolute atomic E-state index is 12.1. The van der Waals surface area contributed by atoms with Gasteiger partial charge in [-0.25, -0.2) is 9.59 Å². The minimum absolute atomic E-state index is 0.00304. The zero-order valence-corrected chi connectivity index (χ0v) is 12.0. The summed E-state index contributed by atoms with van der Waals surface area (Å²) in [7, 11) is 4.39. The number of carbonyl (C=O) groups excluding carboxylic acids is 3. The SMILES string of the molecule is COC(=O)/C=C(\CC(=O)N1CCN(C)CC1)C(=O)OC. The second-order valence-electron chi connectivity index (χ2n) is 4.55. The lowest BCUT2D eigenvalue weighted by molar-refractivity contribution is -0.140. The number of methoxy groups -OCH3 is 2. The van der Waals surface area contributed by atoms with E-state index in [-0.39, 0.29) is 17.9 Å². The summed E-state index contributed by atoms with van der Waals surface area (Å²) in [4.78, 5) is 38.7. The Morgan fingerprint density at radius 1 is 1.05 bits per heavy atom. The number of ether oxygens (including phenoxy) is 2. The van der Waals surface area contributed by atoms with Crippen LogP contribution in [0.25, 0.3) is 0 Å². The van der Waals surface area contributed by atoms with Crippen LogP contribution in [-0.4, -0.2) is 75.1 Å². The quantitative estimate of drug-likeness (QED) is 0.508. The van der Waals surface area contributed by atoms with Crippen molar-refractivity contribution in [3.05, 3.63) is 11.6 Å². The minimum Gasteiger partial charge on any atom is -0.466 e. The molecule has 0 N–H and O–H groups in total. The molecule has 0 bridgehead atoms. The maximum Gasteiger partial charge on any atom is 0.334 e. The topological polar surface area (TPSA) is 76.2 Å². The summed E-state index contributed by atoms with van der Waals surface area (Å²) in [6.07, 6.45) is 0.839. The number of nitrogens with zero attached hydrogens (tertiary/aromatic N) is 2. The van der Waals surface area contributed by atoms with Crippen LogP contribution in [0.4, 0.5) is 0 Å². The van der Waals surface area contributed by atoms with Gasteiger partial charge in [-0.3, -0.25) is 4.79 Å². The third kappa shape index (κ3) is 4.65. The first-order valence-electron chi connectivity index (χ1n) is 6.31. The molecule has 0 saturated carbocycles. The van der Waals surface area contributed by atoms with Crippen LogP contribution >= 0.6 is 0 Å². The Bertz CT molecular complexity index is 411. The van der Waals surface area contributed by atoms with E-state index < -0.39 is 11.9 Å². The van der Waals surface area contributed by atoms with E-state index in [0.717, 1.165) is 19.2 Å². The molecule has 0 aromatic rings. The number of rotatable bonds is 4. The predicted octanol–water partition coefficient (Wildman–Crippen LogP) is -0.577. The van der Waals surface area contributed by atoms with E-state index in [4.69, 9.17) is 0 Å². The molecule has 20 heavy (non-hydrogen) atoms. The van der Waals surface area contributed by atoms with E-state index in [0.29, 0.717) is 13.1 Å². The molecule has 7 nitrogen and oxygen atoms in total. The van der Waals surface area contributed by atoms with Crippen LogP contribution in [0.15, 0.2) is 11.6 Å². The fourth-order valence-electron chi connectivity index (χ4n) is 1.84. The lowest BCUT2D eigenvalue weighted by atomic mass is 10.1. The van der Waals surface area contributed by atoms with Crippen molar-refractivity contribution in [1.82, 2.24) is 9.80 Å². The van der Waals surface area contributed by atoms with Crippen LogP contribution in [-0.2, 0) is 23.9 Å². The largest absolute Gasteiger partial charge is 0.466 e. The predicted molar refractivity (Wildman–Crippen MR) is 70.8 cm³/mol. The van der Waals surface area contributed by atoms with Gasteiger partial charge in [0.2, 0.25) is 5.91 Å². The molecular formula is C13H20N2O5. The monoisotopic (exact) mass is 284 g/mol. The number of carbonyl (C=O) groups is 3. The van der Waals surface area contributed by atoms with Crippen LogP contribution in [0.1, 0.15) is 6.42 Å². The van der Waals surface area contributed by atoms with Crippen molar-refractivity contribution < 1.29 is 23.9 Å². The Morgan fingerprint density at radius 3 is 2.15 bits per heavy atom. The first-order valence-corrected chi connectivity index (χ1v) is 6.31. The summed E-state index contributed by atoms with van der Waals surface area (Å²) < 4.78 is 9.03. The standard InChI is InChI=1S/C13H20N2O5/c1-14-4-6-15(7-5-14)11(16)8-10(13(18)20-3)9-12(17)19-2/h9H,4-8H2,1-3H3/b10-9+. The second-order valence-corrected chi connectivity index (χ2v) is 4.55. The smallest absolute Gasteiger partial charge is 0.334 e. The van der Waals surface area contributed by atoms with E-state index in [1.54, 1.807) is 4.90 Å². The van der Waals surface area contributed by atoms with Crippen molar-refractivity contribution in [2.45, 2.75) is 6.42 Å². The van der Waals surface area contributed by atoms with Crippen LogP contribution in [0.3, 0.4) is 0 Å². The Hall–Kier alpha value is -1.89. The third-order valence-electron chi connectivity index (χ3n) is 3.14. The van der Waals surface area contributed by atoms with Crippen molar-refractivity contribution in [2.24, 2.45) is 0 Å². The molecule has 1 aliphatic rings. The Morgan fingerprint density at radius 2 is 1.65 bits per heavy atom. The number of piperazine rings is 1. The van der Waals surface area contributed by atoms with Gasteiger partial charge in [-0.1, -0.05) is 0 Å². The summed E-state index contributed by atoms with van der Waals surface area (Å²) in [5.74, 6) is -1.58. The van der Waals surface area contributed by atoms with Gasteiger partial charge < -0.3 is 19.3 Å². The summed E-state index contributed by atoms with van der Waals surface area (Å²) >= 11 is 0. The van der Waals surface area contributed by atoms with Crippen molar-refractivity contribution in [3.63, 3.8) is 0 Å². The lowest BCUT2D eigenvalue weighted by Crippen LogP contribution is -2.47. The van der Waals surface area contributed by atoms with Gasteiger partial charge in [0.25, 0.3) is 0 Å². The molecule has 1 aliphatic heterocycles. The number of hydrogen-bond donors (Lipinski definition) is 0. The number of likely N-dealkylation sites (N-methyl/N-ethyl adjacent to an activating group) is 1. The van der Waals surface area contributed by atoms with E-state index in [1.165, 1.54) is 14.2 Å². The number of amides is 1. The molecule has 0 aromatic carbocycles. The van der Waals surface area contributed by atoms with E-state index in [2.05, 4.69) is 14.4 Å². The van der Waals surface area contributed by atoms with Gasteiger partial charge in [-0.05, 0) is 7.05 Å². The van der Waals surface area contributed by atoms with Crippen LogP contribution in [0.5, 0.6) is 0 Å². The van der Waals surface area contributed by atoms with Crippen molar-refractivity contribution in [3.8, 4) is 0 Å². The highest BCUT2D eigenvalue weighted by Crippen LogP contribution is 2.10. The van der Waals surface area contributed by atoms with Gasteiger partial charge in [0.15, 0.2) is 0 Å². The summed E-state index contributed by atoms with van der Waals surface area (Å²) in [6, 6.07) is 0. The van der Waals surface area contributed by atoms with Crippen molar-refractivity contribution in [2.75, 3.05) is 47.4 Å². The highest BCUT2D eigenvalue weighted by atomic mass is 16.5. The number of esters is 2. The first kappa shape index (κ1) is 16.2. The average molecular weight is 284 g/mol. The van der Waals surface area contributed by atoms with Gasteiger partial charge in [0, 0.05) is 32.3 Å². The number of hydrogen-bond acceptors (Lipinski definition) is 6. The fourth-order valence-corrected chi connectivity index (χ4v) is 1.84. The fraction of sp³-hybridized carbons (Fsp3) is 0.615. The zero-order valence-electron chi connectivity index (χ0n) is 12.0. The normalized spacial score (nSPS) is 16.8. The molecule has 1 amide bonds. The lowest BCUT2D eigenvalue weighted by Gasteiger charge is -2.32. The van der Waals surface area contributed by atoms with Crippen molar-refractivity contribution >= 4 is 17.8 Å². The van der Waals surface area contributed by atoms with E-state index in [1.807, 2.05) is 7.05 Å². The highest BCUT2D eigenvalue weighted by molar-refractivity contribution is 6.00. The van der Waals surface area contributed by atoms with Crippen LogP contribution in [0.2, 0.25) is 0 Å². The molecule has 1 saturated heterocycles. The molecule has 0 atom stereocenters. The van der Waals surface area contributed by atoms with Gasteiger partial charge in [-0.2, -0.15) is 0 Å². The minimum atomic E-state index is -0.696. The van der Waals surface area contributed by atoms with Gasteiger partial charge in [0.1, 0.15) is 0 Å². The molecule has 1 rings (SSSR count). The summed E-state index contributed by atoms with van der Waals surface area (Å²) in [6.45, 7) is 2.81. The van der Waals surface area contributed by atoms with Crippen molar-refractivity contribution in [1.29, 1.82) is 0 Å². The molecule has 0 aliphatic carbocycles. The Balaban J connectivity index is 2.69. The average Bonchev–Trinajstić information content (AvgIpc) is 2.46. The molecule has 1 heterocycles. The summed E-state index contributed by atoms with van der Waals surface area (Å²) in [5.41, 5.74) is 0.00304. The molecular weight excluding hydrogens is 264 g/mol.